The van der Waals surface area contributed by atoms with Crippen LogP contribution in [0.4, 0.5) is 0 Å². The van der Waals surface area contributed by atoms with Crippen LogP contribution in [0.1, 0.15) is 50.9 Å². The van der Waals surface area contributed by atoms with Gasteiger partial charge in [-0.25, -0.2) is 4.79 Å². The molecular weight excluding hydrogens is 726 g/mol. The van der Waals surface area contributed by atoms with Gasteiger partial charge in [0.05, 0.1) is 35.9 Å². The topological polar surface area (TPSA) is 143 Å². The Hall–Kier alpha value is -0.268. The first kappa shape index (κ1) is 30.7. The standard InChI is InChI=1S/C27H35O9P.Ac/c1-13-15(28)11-27(33)22(35-23(31)14-8-6-5-7-9-14)20-25(4,21(30)19(29)18(13)24(27,2)3)16(36-37)10-17-26(20,32)12-34-17;/h5-9,15-17,19-20,22,28-29,32-33H,10-12,37H2,1-4H3;/t15?,16?,17?,19?,20?,22-,25+,26?,27?;/m0./s1. The van der Waals surface area contributed by atoms with Crippen molar-refractivity contribution in [1.82, 2.24) is 0 Å². The number of ketones is 1. The summed E-state index contributed by atoms with van der Waals surface area (Å²) in [4.78, 5) is 27.7. The second-order valence-corrected chi connectivity index (χ2v) is 12.0. The summed E-state index contributed by atoms with van der Waals surface area (Å²) in [5.41, 5.74) is -5.75. The molecule has 11 heteroatoms. The second kappa shape index (κ2) is 10.2. The summed E-state index contributed by atoms with van der Waals surface area (Å²) in [6, 6.07) is 8.24. The third kappa shape index (κ3) is 4.01. The molecular formula is C27H35AcO9P. The van der Waals surface area contributed by atoms with Gasteiger partial charge in [0.1, 0.15) is 23.4 Å². The fraction of sp³-hybridized carbons (Fsp3) is 0.630. The van der Waals surface area contributed by atoms with Gasteiger partial charge in [0.25, 0.3) is 0 Å². The molecule has 1 aromatic carbocycles. The maximum absolute atomic E-state index is 14.3. The van der Waals surface area contributed by atoms with Crippen LogP contribution in [0.15, 0.2) is 41.5 Å². The van der Waals surface area contributed by atoms with E-state index in [9.17, 15) is 30.0 Å². The van der Waals surface area contributed by atoms with E-state index in [1.807, 2.05) is 0 Å². The number of hydrogen-bond acceptors (Lipinski definition) is 9. The van der Waals surface area contributed by atoms with Gasteiger partial charge in [-0.2, -0.15) is 0 Å². The largest absolute Gasteiger partial charge is 0.455 e. The van der Waals surface area contributed by atoms with E-state index in [0.717, 1.165) is 0 Å². The fourth-order valence-corrected chi connectivity index (χ4v) is 7.83. The van der Waals surface area contributed by atoms with Crippen LogP contribution >= 0.6 is 9.47 Å². The van der Waals surface area contributed by atoms with Crippen molar-refractivity contribution in [3.05, 3.63) is 47.0 Å². The monoisotopic (exact) mass is 761 g/mol. The molecule has 5 rings (SSSR count). The van der Waals surface area contributed by atoms with E-state index >= 15 is 0 Å². The molecule has 1 heterocycles. The van der Waals surface area contributed by atoms with E-state index in [1.165, 1.54) is 0 Å². The van der Waals surface area contributed by atoms with Crippen molar-refractivity contribution in [2.24, 2.45) is 16.7 Å². The molecule has 9 nitrogen and oxygen atoms in total. The molecule has 2 saturated carbocycles. The normalized spacial score (nSPS) is 43.4. The number of fused-ring (bicyclic) bond motifs is 5. The summed E-state index contributed by atoms with van der Waals surface area (Å²) < 4.78 is 17.5. The Balaban J connectivity index is 0.00000336. The van der Waals surface area contributed by atoms with Gasteiger partial charge < -0.3 is 34.4 Å². The quantitative estimate of drug-likeness (QED) is 0.204. The summed E-state index contributed by atoms with van der Waals surface area (Å²) in [6.07, 6.45) is -6.01. The van der Waals surface area contributed by atoms with Crippen molar-refractivity contribution in [1.29, 1.82) is 0 Å². The molecule has 1 aliphatic heterocycles. The van der Waals surface area contributed by atoms with Crippen LogP contribution in [-0.2, 0) is 18.8 Å². The van der Waals surface area contributed by atoms with E-state index in [1.54, 1.807) is 58.0 Å². The smallest absolute Gasteiger partial charge is 0.338 e. The molecule has 4 N–H and O–H groups in total. The molecule has 1 radical (unpaired) electrons. The van der Waals surface area contributed by atoms with Crippen molar-refractivity contribution in [2.75, 3.05) is 6.61 Å². The zero-order valence-corrected chi connectivity index (χ0v) is 27.9. The maximum atomic E-state index is 14.3. The number of rotatable bonds is 3. The minimum Gasteiger partial charge on any atom is -0.455 e. The number of ether oxygens (including phenoxy) is 2. The fourth-order valence-electron chi connectivity index (χ4n) is 7.44. The minimum atomic E-state index is -1.97. The van der Waals surface area contributed by atoms with Gasteiger partial charge in [-0.15, -0.1) is 0 Å². The van der Waals surface area contributed by atoms with Gasteiger partial charge in [-0.3, -0.25) is 4.79 Å². The number of hydrogen-bond donors (Lipinski definition) is 4. The molecule has 3 aliphatic carbocycles. The molecule has 0 amide bonds. The van der Waals surface area contributed by atoms with Gasteiger partial charge >= 0.3 is 5.97 Å². The summed E-state index contributed by atoms with van der Waals surface area (Å²) in [6.45, 7) is 6.37. The molecule has 4 aliphatic rings. The Kier molecular flexibility index (Phi) is 8.25. The summed E-state index contributed by atoms with van der Waals surface area (Å²) in [5, 5.41) is 47.1. The van der Waals surface area contributed by atoms with Crippen LogP contribution < -0.4 is 0 Å². The molecule has 10 atom stereocenters. The van der Waals surface area contributed by atoms with Crippen LogP contribution in [0.3, 0.4) is 0 Å². The Labute approximate surface area is 260 Å². The van der Waals surface area contributed by atoms with E-state index < -0.39 is 70.2 Å². The Morgan fingerprint density at radius 2 is 1.76 bits per heavy atom. The van der Waals surface area contributed by atoms with E-state index in [4.69, 9.17) is 14.0 Å². The number of carbonyl (C=O) groups is 2. The van der Waals surface area contributed by atoms with Crippen LogP contribution in [0, 0.1) is 60.8 Å². The Morgan fingerprint density at radius 3 is 2.32 bits per heavy atom. The first-order valence-electron chi connectivity index (χ1n) is 12.5. The van der Waals surface area contributed by atoms with Crippen LogP contribution in [0.5, 0.6) is 0 Å². The zero-order chi connectivity index (χ0) is 27.1. The van der Waals surface area contributed by atoms with Crippen molar-refractivity contribution in [3.8, 4) is 0 Å². The van der Waals surface area contributed by atoms with Gasteiger partial charge in [0.15, 0.2) is 5.78 Å². The number of carbonyl (C=O) groups excluding carboxylic acids is 2. The molecule has 3 fully saturated rings. The van der Waals surface area contributed by atoms with Crippen molar-refractivity contribution in [2.45, 2.75) is 82.3 Å². The average Bonchev–Trinajstić information content (AvgIpc) is 2.85. The molecule has 1 saturated heterocycles. The number of aliphatic hydroxyl groups excluding tert-OH is 2. The predicted molar refractivity (Wildman–Crippen MR) is 134 cm³/mol. The predicted octanol–water partition coefficient (Wildman–Crippen LogP) is 1.33. The SMILES string of the molecule is CC1=C2C(O)C(=O)[C@]3(C)C(OP)CC4OCC4(O)C3[C@H](OC(=O)c3ccccc3)C(O)(CC1O)C2(C)C.[Ac]. The van der Waals surface area contributed by atoms with Gasteiger partial charge in [0, 0.05) is 77.7 Å². The van der Waals surface area contributed by atoms with E-state index in [-0.39, 0.29) is 74.6 Å². The second-order valence-electron chi connectivity index (χ2n) is 11.7. The average molecular weight is 762 g/mol. The molecule has 8 unspecified atom stereocenters. The van der Waals surface area contributed by atoms with E-state index in [0.29, 0.717) is 5.57 Å². The third-order valence-electron chi connectivity index (χ3n) is 9.77. The maximum Gasteiger partial charge on any atom is 0.338 e. The van der Waals surface area contributed by atoms with E-state index in [2.05, 4.69) is 9.47 Å². The van der Waals surface area contributed by atoms with Crippen molar-refractivity contribution in [3.63, 3.8) is 0 Å². The number of Topliss-reactive ketones (excluding diaryl/α,β-unsaturated/α-hetero) is 1. The summed E-state index contributed by atoms with van der Waals surface area (Å²) in [5.74, 6) is -2.60. The minimum absolute atomic E-state index is 0. The molecule has 38 heavy (non-hydrogen) atoms. The van der Waals surface area contributed by atoms with Crippen LogP contribution in [0.25, 0.3) is 0 Å². The summed E-state index contributed by atoms with van der Waals surface area (Å²) >= 11 is 0. The number of esters is 1. The molecule has 0 spiro atoms. The van der Waals surface area contributed by atoms with Crippen molar-refractivity contribution < 1.29 is 88.1 Å². The molecule has 2 bridgehead atoms. The van der Waals surface area contributed by atoms with Gasteiger partial charge in [-0.1, -0.05) is 32.0 Å². The van der Waals surface area contributed by atoms with Crippen LogP contribution in [-0.4, -0.2) is 80.5 Å². The first-order valence-corrected chi connectivity index (χ1v) is 13.0. The first-order chi connectivity index (χ1) is 17.2. The Morgan fingerprint density at radius 1 is 1.13 bits per heavy atom. The molecule has 205 valence electrons. The zero-order valence-electron chi connectivity index (χ0n) is 22.0. The number of aliphatic hydroxyl groups is 4. The van der Waals surface area contributed by atoms with Gasteiger partial charge in [-0.05, 0) is 37.1 Å². The Bertz CT molecular complexity index is 1160. The summed E-state index contributed by atoms with van der Waals surface area (Å²) in [7, 11) is 2.14. The van der Waals surface area contributed by atoms with Crippen LogP contribution in [0.2, 0.25) is 0 Å². The van der Waals surface area contributed by atoms with Crippen molar-refractivity contribution >= 4 is 21.2 Å². The number of benzene rings is 1. The third-order valence-corrected chi connectivity index (χ3v) is 10.1. The molecule has 1 aromatic rings. The van der Waals surface area contributed by atoms with Gasteiger partial charge in [0.2, 0.25) is 0 Å². The molecule has 0 aromatic heterocycles.